The molecule has 1 aromatic heterocycles. The zero-order chi connectivity index (χ0) is 9.84. The molecule has 13 heavy (non-hydrogen) atoms. The first-order chi connectivity index (χ1) is 6.19. The SMILES string of the molecule is CCn1cc(C(C)C)ccc1=NC. The van der Waals surface area contributed by atoms with Crippen LogP contribution in [0.25, 0.3) is 0 Å². The maximum absolute atomic E-state index is 4.20. The minimum absolute atomic E-state index is 0.587. The van der Waals surface area contributed by atoms with Gasteiger partial charge in [0.1, 0.15) is 5.49 Å². The van der Waals surface area contributed by atoms with Crippen LogP contribution in [0.2, 0.25) is 0 Å². The van der Waals surface area contributed by atoms with Gasteiger partial charge in [-0.05, 0) is 24.5 Å². The van der Waals surface area contributed by atoms with Crippen molar-refractivity contribution in [3.63, 3.8) is 0 Å². The van der Waals surface area contributed by atoms with Gasteiger partial charge in [-0.2, -0.15) is 0 Å². The fourth-order valence-corrected chi connectivity index (χ4v) is 1.35. The third kappa shape index (κ3) is 2.20. The highest BCUT2D eigenvalue weighted by Crippen LogP contribution is 2.11. The second-order valence-electron chi connectivity index (χ2n) is 3.48. The van der Waals surface area contributed by atoms with E-state index in [1.54, 1.807) is 0 Å². The van der Waals surface area contributed by atoms with Gasteiger partial charge in [0, 0.05) is 19.8 Å². The minimum atomic E-state index is 0.587. The Morgan fingerprint density at radius 1 is 1.38 bits per heavy atom. The summed E-state index contributed by atoms with van der Waals surface area (Å²) in [5.74, 6) is 0.587. The van der Waals surface area contributed by atoms with E-state index in [0.717, 1.165) is 12.0 Å². The van der Waals surface area contributed by atoms with Crippen molar-refractivity contribution >= 4 is 0 Å². The first-order valence-corrected chi connectivity index (χ1v) is 4.82. The summed E-state index contributed by atoms with van der Waals surface area (Å²) in [6.45, 7) is 7.53. The Kier molecular flexibility index (Phi) is 3.29. The van der Waals surface area contributed by atoms with Crippen LogP contribution in [-0.4, -0.2) is 11.6 Å². The molecule has 72 valence electrons. The lowest BCUT2D eigenvalue weighted by atomic mass is 10.1. The predicted octanol–water partition coefficient (Wildman–Crippen LogP) is 2.16. The molecule has 1 aromatic rings. The third-order valence-corrected chi connectivity index (χ3v) is 2.26. The van der Waals surface area contributed by atoms with Crippen LogP contribution >= 0.6 is 0 Å². The van der Waals surface area contributed by atoms with Crippen LogP contribution < -0.4 is 5.49 Å². The molecule has 0 aromatic carbocycles. The molecule has 0 saturated heterocycles. The summed E-state index contributed by atoms with van der Waals surface area (Å²) >= 11 is 0. The molecular weight excluding hydrogens is 160 g/mol. The first kappa shape index (κ1) is 10.0. The van der Waals surface area contributed by atoms with Gasteiger partial charge in [0.25, 0.3) is 0 Å². The number of nitrogens with zero attached hydrogens (tertiary/aromatic N) is 2. The first-order valence-electron chi connectivity index (χ1n) is 4.82. The fraction of sp³-hybridized carbons (Fsp3) is 0.545. The lowest BCUT2D eigenvalue weighted by Gasteiger charge is -2.09. The van der Waals surface area contributed by atoms with E-state index in [2.05, 4.69) is 48.7 Å². The summed E-state index contributed by atoms with van der Waals surface area (Å²) in [7, 11) is 1.83. The third-order valence-electron chi connectivity index (χ3n) is 2.26. The van der Waals surface area contributed by atoms with Crippen molar-refractivity contribution in [2.45, 2.75) is 33.2 Å². The number of pyridine rings is 1. The Morgan fingerprint density at radius 2 is 2.08 bits per heavy atom. The number of hydrogen-bond donors (Lipinski definition) is 0. The number of hydrogen-bond acceptors (Lipinski definition) is 1. The van der Waals surface area contributed by atoms with Gasteiger partial charge in [-0.25, -0.2) is 0 Å². The molecule has 0 unspecified atom stereocenters. The zero-order valence-corrected chi connectivity index (χ0v) is 8.91. The topological polar surface area (TPSA) is 17.3 Å². The van der Waals surface area contributed by atoms with E-state index in [1.807, 2.05) is 7.05 Å². The molecule has 0 aliphatic carbocycles. The Bertz CT molecular complexity index is 334. The normalized spacial score (nSPS) is 12.5. The molecule has 0 spiro atoms. The van der Waals surface area contributed by atoms with Gasteiger partial charge in [-0.15, -0.1) is 0 Å². The second kappa shape index (κ2) is 4.26. The number of aryl methyl sites for hydroxylation is 1. The lowest BCUT2D eigenvalue weighted by Crippen LogP contribution is -2.19. The highest BCUT2D eigenvalue weighted by Gasteiger charge is 1.99. The highest BCUT2D eigenvalue weighted by molar-refractivity contribution is 5.13. The summed E-state index contributed by atoms with van der Waals surface area (Å²) in [6, 6.07) is 4.23. The summed E-state index contributed by atoms with van der Waals surface area (Å²) in [5, 5.41) is 0. The smallest absolute Gasteiger partial charge is 0.127 e. The summed E-state index contributed by atoms with van der Waals surface area (Å²) in [5.41, 5.74) is 2.42. The van der Waals surface area contributed by atoms with Gasteiger partial charge in [-0.3, -0.25) is 4.99 Å². The van der Waals surface area contributed by atoms with E-state index in [9.17, 15) is 0 Å². The Balaban J connectivity index is 3.22. The minimum Gasteiger partial charge on any atom is -0.333 e. The molecule has 0 saturated carbocycles. The van der Waals surface area contributed by atoms with Gasteiger partial charge in [-0.1, -0.05) is 19.9 Å². The van der Waals surface area contributed by atoms with Gasteiger partial charge in [0.05, 0.1) is 0 Å². The predicted molar refractivity (Wildman–Crippen MR) is 55.7 cm³/mol. The van der Waals surface area contributed by atoms with Crippen LogP contribution in [-0.2, 0) is 6.54 Å². The largest absolute Gasteiger partial charge is 0.333 e. The van der Waals surface area contributed by atoms with Crippen LogP contribution in [0.15, 0.2) is 23.3 Å². The molecule has 2 nitrogen and oxygen atoms in total. The maximum Gasteiger partial charge on any atom is 0.127 e. The molecule has 0 N–H and O–H groups in total. The van der Waals surface area contributed by atoms with Crippen molar-refractivity contribution in [1.82, 2.24) is 4.57 Å². The molecule has 0 amide bonds. The van der Waals surface area contributed by atoms with Gasteiger partial charge in [0.15, 0.2) is 0 Å². The maximum atomic E-state index is 4.20. The quantitative estimate of drug-likeness (QED) is 0.660. The van der Waals surface area contributed by atoms with Gasteiger partial charge < -0.3 is 4.57 Å². The van der Waals surface area contributed by atoms with Crippen LogP contribution in [0.3, 0.4) is 0 Å². The summed E-state index contributed by atoms with van der Waals surface area (Å²) in [6.07, 6.45) is 2.19. The van der Waals surface area contributed by atoms with E-state index in [0.29, 0.717) is 5.92 Å². The zero-order valence-electron chi connectivity index (χ0n) is 8.91. The molecule has 0 bridgehead atoms. The van der Waals surface area contributed by atoms with E-state index >= 15 is 0 Å². The highest BCUT2D eigenvalue weighted by atomic mass is 15.0. The molecule has 2 heteroatoms. The van der Waals surface area contributed by atoms with E-state index in [4.69, 9.17) is 0 Å². The van der Waals surface area contributed by atoms with E-state index in [-0.39, 0.29) is 0 Å². The van der Waals surface area contributed by atoms with Crippen molar-refractivity contribution in [1.29, 1.82) is 0 Å². The number of aromatic nitrogens is 1. The molecule has 0 aliphatic heterocycles. The fourth-order valence-electron chi connectivity index (χ4n) is 1.35. The van der Waals surface area contributed by atoms with E-state index in [1.165, 1.54) is 5.56 Å². The molecule has 0 atom stereocenters. The standard InChI is InChI=1S/C11H18N2/c1-5-13-8-10(9(2)3)6-7-11(13)12-4/h6-9H,5H2,1-4H3. The van der Waals surface area contributed by atoms with Crippen molar-refractivity contribution in [2.24, 2.45) is 4.99 Å². The van der Waals surface area contributed by atoms with Crippen molar-refractivity contribution in [3.8, 4) is 0 Å². The monoisotopic (exact) mass is 178 g/mol. The molecule has 1 heterocycles. The summed E-state index contributed by atoms with van der Waals surface area (Å²) in [4.78, 5) is 4.20. The Hall–Kier alpha value is -1.05. The molecule has 0 radical (unpaired) electrons. The average molecular weight is 178 g/mol. The molecule has 1 rings (SSSR count). The van der Waals surface area contributed by atoms with Crippen LogP contribution in [0.1, 0.15) is 32.3 Å². The molecule has 0 aliphatic rings. The Morgan fingerprint density at radius 3 is 2.54 bits per heavy atom. The van der Waals surface area contributed by atoms with Crippen molar-refractivity contribution < 1.29 is 0 Å². The van der Waals surface area contributed by atoms with E-state index < -0.39 is 0 Å². The summed E-state index contributed by atoms with van der Waals surface area (Å²) < 4.78 is 2.18. The number of rotatable bonds is 2. The molecular formula is C11H18N2. The van der Waals surface area contributed by atoms with Crippen LogP contribution in [0.4, 0.5) is 0 Å². The van der Waals surface area contributed by atoms with Crippen molar-refractivity contribution in [3.05, 3.63) is 29.4 Å². The van der Waals surface area contributed by atoms with Gasteiger partial charge in [0.2, 0.25) is 0 Å². The second-order valence-corrected chi connectivity index (χ2v) is 3.48. The van der Waals surface area contributed by atoms with Crippen LogP contribution in [0, 0.1) is 0 Å². The van der Waals surface area contributed by atoms with Gasteiger partial charge >= 0.3 is 0 Å². The molecule has 0 fully saturated rings. The average Bonchev–Trinajstić information content (AvgIpc) is 2.16. The van der Waals surface area contributed by atoms with Crippen molar-refractivity contribution in [2.75, 3.05) is 7.05 Å². The Labute approximate surface area is 79.9 Å². The van der Waals surface area contributed by atoms with Crippen LogP contribution in [0.5, 0.6) is 0 Å². The lowest BCUT2D eigenvalue weighted by molar-refractivity contribution is 0.691.